The van der Waals surface area contributed by atoms with E-state index in [0.29, 0.717) is 6.04 Å². The summed E-state index contributed by atoms with van der Waals surface area (Å²) >= 11 is 0. The van der Waals surface area contributed by atoms with Gasteiger partial charge in [-0.05, 0) is 58.1 Å². The molecular weight excluding hydrogens is 234 g/mol. The Bertz CT molecular complexity index is 377. The van der Waals surface area contributed by atoms with Crippen LogP contribution in [0.3, 0.4) is 0 Å². The lowest BCUT2D eigenvalue weighted by Crippen LogP contribution is -2.35. The van der Waals surface area contributed by atoms with E-state index >= 15 is 0 Å². The molecule has 0 spiro atoms. The minimum absolute atomic E-state index is 0.702. The maximum absolute atomic E-state index is 4.55. The quantitative estimate of drug-likeness (QED) is 0.818. The van der Waals surface area contributed by atoms with Gasteiger partial charge in [0.1, 0.15) is 0 Å². The molecule has 0 bridgehead atoms. The molecule has 0 amide bonds. The predicted octanol–water partition coefficient (Wildman–Crippen LogP) is 3.31. The number of aryl methyl sites for hydroxylation is 3. The van der Waals surface area contributed by atoms with E-state index < -0.39 is 0 Å². The van der Waals surface area contributed by atoms with Crippen molar-refractivity contribution in [2.24, 2.45) is 5.92 Å². The molecule has 0 aromatic carbocycles. The summed E-state index contributed by atoms with van der Waals surface area (Å²) in [5.74, 6) is 0.902. The van der Waals surface area contributed by atoms with Crippen LogP contribution in [-0.2, 0) is 13.0 Å². The fourth-order valence-corrected chi connectivity index (χ4v) is 3.50. The van der Waals surface area contributed by atoms with Gasteiger partial charge >= 0.3 is 0 Å². The summed E-state index contributed by atoms with van der Waals surface area (Å²) in [6, 6.07) is 2.95. The second-order valence-corrected chi connectivity index (χ2v) is 5.84. The number of nitrogens with one attached hydrogen (secondary N) is 1. The minimum atomic E-state index is 0.702. The van der Waals surface area contributed by atoms with E-state index in [4.69, 9.17) is 0 Å². The van der Waals surface area contributed by atoms with Gasteiger partial charge in [-0.25, -0.2) is 0 Å². The van der Waals surface area contributed by atoms with Gasteiger partial charge in [0.05, 0.1) is 5.69 Å². The van der Waals surface area contributed by atoms with Crippen molar-refractivity contribution in [1.29, 1.82) is 0 Å². The molecule has 19 heavy (non-hydrogen) atoms. The van der Waals surface area contributed by atoms with E-state index in [-0.39, 0.29) is 0 Å². The third-order valence-corrected chi connectivity index (χ3v) is 4.43. The molecule has 0 radical (unpaired) electrons. The van der Waals surface area contributed by atoms with Gasteiger partial charge in [-0.15, -0.1) is 0 Å². The minimum Gasteiger partial charge on any atom is -0.314 e. The maximum atomic E-state index is 4.55. The summed E-state index contributed by atoms with van der Waals surface area (Å²) in [4.78, 5) is 0. The Morgan fingerprint density at radius 3 is 2.74 bits per heavy atom. The van der Waals surface area contributed by atoms with Gasteiger partial charge in [-0.3, -0.25) is 4.68 Å². The van der Waals surface area contributed by atoms with Crippen LogP contribution in [0.1, 0.15) is 57.3 Å². The standard InChI is InChI=1S/C16H29N3/c1-4-17-16(14-8-6-7-9-14)11-10-15-12-13(3)18-19(15)5-2/h12,14,16-17H,4-11H2,1-3H3. The fraction of sp³-hybridized carbons (Fsp3) is 0.812. The molecular formula is C16H29N3. The molecule has 1 N–H and O–H groups in total. The summed E-state index contributed by atoms with van der Waals surface area (Å²) in [7, 11) is 0. The summed E-state index contributed by atoms with van der Waals surface area (Å²) in [6.45, 7) is 8.57. The summed E-state index contributed by atoms with van der Waals surface area (Å²) in [6.07, 6.45) is 8.11. The van der Waals surface area contributed by atoms with Gasteiger partial charge in [0.2, 0.25) is 0 Å². The lowest BCUT2D eigenvalue weighted by molar-refractivity contribution is 0.343. The van der Waals surface area contributed by atoms with Crippen LogP contribution in [0.25, 0.3) is 0 Å². The normalized spacial score (nSPS) is 18.1. The Kier molecular flexibility index (Phi) is 5.44. The molecule has 108 valence electrons. The van der Waals surface area contributed by atoms with Crippen molar-refractivity contribution in [3.8, 4) is 0 Å². The van der Waals surface area contributed by atoms with Crippen molar-refractivity contribution in [3.05, 3.63) is 17.5 Å². The van der Waals surface area contributed by atoms with Crippen molar-refractivity contribution in [3.63, 3.8) is 0 Å². The van der Waals surface area contributed by atoms with Crippen LogP contribution in [0.5, 0.6) is 0 Å². The molecule has 1 aromatic heterocycles. The molecule has 0 saturated heterocycles. The highest BCUT2D eigenvalue weighted by Gasteiger charge is 2.24. The van der Waals surface area contributed by atoms with Crippen LogP contribution in [0.15, 0.2) is 6.07 Å². The first-order valence-corrected chi connectivity index (χ1v) is 8.01. The van der Waals surface area contributed by atoms with Crippen LogP contribution in [-0.4, -0.2) is 22.4 Å². The average molecular weight is 263 g/mol. The van der Waals surface area contributed by atoms with Gasteiger partial charge < -0.3 is 5.32 Å². The van der Waals surface area contributed by atoms with E-state index in [9.17, 15) is 0 Å². The molecule has 1 aliphatic rings. The molecule has 3 heteroatoms. The first-order valence-electron chi connectivity index (χ1n) is 8.01. The number of rotatable bonds is 7. The fourth-order valence-electron chi connectivity index (χ4n) is 3.50. The van der Waals surface area contributed by atoms with Crippen molar-refractivity contribution >= 4 is 0 Å². The lowest BCUT2D eigenvalue weighted by atomic mass is 9.93. The third-order valence-electron chi connectivity index (χ3n) is 4.43. The maximum Gasteiger partial charge on any atom is 0.0596 e. The summed E-state index contributed by atoms with van der Waals surface area (Å²) < 4.78 is 2.16. The van der Waals surface area contributed by atoms with E-state index in [1.807, 2.05) is 0 Å². The summed E-state index contributed by atoms with van der Waals surface area (Å²) in [5.41, 5.74) is 2.55. The second-order valence-electron chi connectivity index (χ2n) is 5.84. The molecule has 1 unspecified atom stereocenters. The number of hydrogen-bond donors (Lipinski definition) is 1. The Balaban J connectivity index is 1.93. The van der Waals surface area contributed by atoms with Gasteiger partial charge in [0.25, 0.3) is 0 Å². The smallest absolute Gasteiger partial charge is 0.0596 e. The lowest BCUT2D eigenvalue weighted by Gasteiger charge is -2.24. The molecule has 1 aromatic rings. The SMILES string of the molecule is CCNC(CCc1cc(C)nn1CC)C1CCCC1. The van der Waals surface area contributed by atoms with Crippen LogP contribution >= 0.6 is 0 Å². The zero-order valence-electron chi connectivity index (χ0n) is 12.8. The topological polar surface area (TPSA) is 29.9 Å². The van der Waals surface area contributed by atoms with Crippen molar-refractivity contribution in [2.75, 3.05) is 6.54 Å². The molecule has 1 atom stereocenters. The third kappa shape index (κ3) is 3.82. The van der Waals surface area contributed by atoms with Crippen LogP contribution in [0.4, 0.5) is 0 Å². The molecule has 1 fully saturated rings. The Hall–Kier alpha value is -0.830. The zero-order chi connectivity index (χ0) is 13.7. The van der Waals surface area contributed by atoms with Gasteiger partial charge in [0, 0.05) is 18.3 Å². The monoisotopic (exact) mass is 263 g/mol. The summed E-state index contributed by atoms with van der Waals surface area (Å²) in [5, 5.41) is 8.26. The Labute approximate surface area is 117 Å². The van der Waals surface area contributed by atoms with E-state index in [1.54, 1.807) is 0 Å². The van der Waals surface area contributed by atoms with E-state index in [1.165, 1.54) is 37.8 Å². The van der Waals surface area contributed by atoms with Crippen molar-refractivity contribution in [2.45, 2.75) is 71.9 Å². The van der Waals surface area contributed by atoms with Crippen LogP contribution < -0.4 is 5.32 Å². The highest BCUT2D eigenvalue weighted by molar-refractivity contribution is 5.09. The molecule has 1 heterocycles. The van der Waals surface area contributed by atoms with Gasteiger partial charge in [-0.2, -0.15) is 5.10 Å². The highest BCUT2D eigenvalue weighted by atomic mass is 15.3. The molecule has 1 saturated carbocycles. The van der Waals surface area contributed by atoms with Gasteiger partial charge in [-0.1, -0.05) is 19.8 Å². The number of hydrogen-bond acceptors (Lipinski definition) is 2. The number of aromatic nitrogens is 2. The van der Waals surface area contributed by atoms with Gasteiger partial charge in [0.15, 0.2) is 0 Å². The van der Waals surface area contributed by atoms with Crippen molar-refractivity contribution < 1.29 is 0 Å². The second kappa shape index (κ2) is 7.09. The molecule has 1 aliphatic carbocycles. The Morgan fingerprint density at radius 1 is 1.37 bits per heavy atom. The van der Waals surface area contributed by atoms with E-state index in [2.05, 4.69) is 41.9 Å². The largest absolute Gasteiger partial charge is 0.314 e. The first-order chi connectivity index (χ1) is 9.24. The molecule has 3 nitrogen and oxygen atoms in total. The Morgan fingerprint density at radius 2 is 2.11 bits per heavy atom. The average Bonchev–Trinajstić information content (AvgIpc) is 3.03. The number of nitrogens with zero attached hydrogens (tertiary/aromatic N) is 2. The first kappa shape index (κ1) is 14.6. The zero-order valence-corrected chi connectivity index (χ0v) is 12.8. The van der Waals surface area contributed by atoms with E-state index in [0.717, 1.165) is 31.1 Å². The molecule has 0 aliphatic heterocycles. The highest BCUT2D eigenvalue weighted by Crippen LogP contribution is 2.29. The van der Waals surface area contributed by atoms with Crippen LogP contribution in [0.2, 0.25) is 0 Å². The van der Waals surface area contributed by atoms with Crippen molar-refractivity contribution in [1.82, 2.24) is 15.1 Å². The molecule has 2 rings (SSSR count). The van der Waals surface area contributed by atoms with Crippen LogP contribution in [0, 0.1) is 12.8 Å². The predicted molar refractivity (Wildman–Crippen MR) is 80.4 cm³/mol.